The maximum atomic E-state index is 11.5. The Kier molecular flexibility index (Phi) is 3.58. The first-order valence-corrected chi connectivity index (χ1v) is 6.33. The molecule has 0 radical (unpaired) electrons. The van der Waals surface area contributed by atoms with E-state index in [0.29, 0.717) is 10.6 Å². The molecule has 1 heterocycles. The molecule has 1 aromatic carbocycles. The van der Waals surface area contributed by atoms with E-state index in [1.54, 1.807) is 6.20 Å². The Morgan fingerprint density at radius 2 is 1.89 bits per heavy atom. The molecule has 92 valence electrons. The van der Waals surface area contributed by atoms with Gasteiger partial charge in [0.1, 0.15) is 10.8 Å². The van der Waals surface area contributed by atoms with Crippen LogP contribution in [-0.4, -0.2) is 15.9 Å². The van der Waals surface area contributed by atoms with Crippen molar-refractivity contribution < 1.29 is 9.90 Å². The van der Waals surface area contributed by atoms with Gasteiger partial charge in [0.05, 0.1) is 10.5 Å². The quantitative estimate of drug-likeness (QED) is 0.675. The summed E-state index contributed by atoms with van der Waals surface area (Å²) in [4.78, 5) is 16.7. The molecule has 1 aromatic heterocycles. The van der Waals surface area contributed by atoms with E-state index < -0.39 is 0 Å². The van der Waals surface area contributed by atoms with Gasteiger partial charge in [-0.2, -0.15) is 0 Å². The van der Waals surface area contributed by atoms with E-state index >= 15 is 0 Å². The van der Waals surface area contributed by atoms with Crippen molar-refractivity contribution in [2.45, 2.75) is 13.8 Å². The fourth-order valence-corrected chi connectivity index (χ4v) is 2.75. The van der Waals surface area contributed by atoms with Crippen molar-refractivity contribution in [1.82, 2.24) is 4.98 Å². The highest BCUT2D eigenvalue weighted by Crippen LogP contribution is 2.30. The van der Waals surface area contributed by atoms with Crippen LogP contribution in [0.2, 0.25) is 0 Å². The van der Waals surface area contributed by atoms with Crippen molar-refractivity contribution >= 4 is 22.7 Å². The number of hydrogen-bond acceptors (Lipinski definition) is 4. The smallest absolute Gasteiger partial charge is 0.166 e. The first-order chi connectivity index (χ1) is 8.59. The molecule has 2 aromatic rings. The number of rotatable bonds is 3. The molecule has 0 spiro atoms. The van der Waals surface area contributed by atoms with Crippen LogP contribution in [0.5, 0.6) is 0 Å². The summed E-state index contributed by atoms with van der Waals surface area (Å²) in [7, 11) is 0. The number of aliphatic hydroxyl groups is 1. The van der Waals surface area contributed by atoms with Gasteiger partial charge in [-0.05, 0) is 19.4 Å². The zero-order valence-electron chi connectivity index (χ0n) is 10.2. The number of aromatic nitrogens is 1. The minimum atomic E-state index is -0.177. The van der Waals surface area contributed by atoms with Crippen molar-refractivity contribution in [3.63, 3.8) is 0 Å². The fraction of sp³-hybridized carbons (Fsp3) is 0.143. The van der Waals surface area contributed by atoms with Crippen molar-refractivity contribution in [1.29, 1.82) is 0 Å². The van der Waals surface area contributed by atoms with E-state index in [1.165, 1.54) is 25.2 Å². The van der Waals surface area contributed by atoms with Crippen molar-refractivity contribution in [3.8, 4) is 10.4 Å². The predicted molar refractivity (Wildman–Crippen MR) is 73.5 cm³/mol. The minimum absolute atomic E-state index is 0.0106. The van der Waals surface area contributed by atoms with Crippen LogP contribution in [-0.2, 0) is 4.79 Å². The first kappa shape index (κ1) is 12.5. The number of ketones is 1. The third kappa shape index (κ3) is 2.49. The molecule has 0 bridgehead atoms. The lowest BCUT2D eigenvalue weighted by Crippen LogP contribution is -1.98. The number of Topliss-reactive ketones (excluding diaryl/α,β-unsaturated/α-hetero) is 1. The largest absolute Gasteiger partial charge is 0.512 e. The normalized spacial score (nSPS) is 12.1. The highest BCUT2D eigenvalue weighted by atomic mass is 32.1. The second-order valence-electron chi connectivity index (χ2n) is 3.91. The Hall–Kier alpha value is -1.94. The molecule has 0 unspecified atom stereocenters. The molecule has 0 atom stereocenters. The molecular weight excluding hydrogens is 246 g/mol. The number of benzene rings is 1. The maximum absolute atomic E-state index is 11.5. The van der Waals surface area contributed by atoms with E-state index in [0.717, 1.165) is 10.4 Å². The summed E-state index contributed by atoms with van der Waals surface area (Å²) in [6.45, 7) is 2.93. The highest BCUT2D eigenvalue weighted by molar-refractivity contribution is 7.16. The molecule has 0 saturated heterocycles. The van der Waals surface area contributed by atoms with Gasteiger partial charge in [-0.15, -0.1) is 11.3 Å². The molecule has 0 aliphatic carbocycles. The summed E-state index contributed by atoms with van der Waals surface area (Å²) in [5.74, 6) is -0.166. The maximum Gasteiger partial charge on any atom is 0.166 e. The van der Waals surface area contributed by atoms with Crippen LogP contribution in [0.1, 0.15) is 18.9 Å². The van der Waals surface area contributed by atoms with Gasteiger partial charge >= 0.3 is 0 Å². The van der Waals surface area contributed by atoms with Gasteiger partial charge in [0.25, 0.3) is 0 Å². The number of carbonyl (C=O) groups is 1. The summed E-state index contributed by atoms with van der Waals surface area (Å²) < 4.78 is 0. The van der Waals surface area contributed by atoms with Crippen LogP contribution in [0.15, 0.2) is 42.3 Å². The first-order valence-electron chi connectivity index (χ1n) is 5.52. The second-order valence-corrected chi connectivity index (χ2v) is 4.94. The topological polar surface area (TPSA) is 50.2 Å². The summed E-state index contributed by atoms with van der Waals surface area (Å²) in [5.41, 5.74) is 1.35. The molecule has 3 nitrogen and oxygen atoms in total. The predicted octanol–water partition coefficient (Wildman–Crippen LogP) is 3.69. The lowest BCUT2D eigenvalue weighted by Gasteiger charge is -2.00. The molecule has 0 saturated carbocycles. The van der Waals surface area contributed by atoms with Crippen molar-refractivity contribution in [3.05, 3.63) is 47.3 Å². The zero-order valence-corrected chi connectivity index (χ0v) is 11.0. The van der Waals surface area contributed by atoms with Crippen LogP contribution in [0, 0.1) is 0 Å². The fourth-order valence-electron chi connectivity index (χ4n) is 1.69. The third-order valence-electron chi connectivity index (χ3n) is 2.49. The molecule has 2 rings (SSSR count). The molecule has 0 aliphatic heterocycles. The average Bonchev–Trinajstić information content (AvgIpc) is 2.78. The summed E-state index contributed by atoms with van der Waals surface area (Å²) in [6, 6.07) is 9.83. The standard InChI is InChI=1S/C14H13NO2S/c1-9(16)13(10(2)17)14-15-8-12(18-14)11-6-4-3-5-7-11/h3-8,16H,1-2H3. The molecular formula is C14H13NO2S. The highest BCUT2D eigenvalue weighted by Gasteiger charge is 2.15. The number of hydrogen-bond donors (Lipinski definition) is 1. The Bertz CT molecular complexity index is 595. The minimum Gasteiger partial charge on any atom is -0.512 e. The summed E-state index contributed by atoms with van der Waals surface area (Å²) in [5, 5.41) is 10.1. The molecule has 0 aliphatic rings. The Balaban J connectivity index is 2.43. The van der Waals surface area contributed by atoms with E-state index in [9.17, 15) is 9.90 Å². The van der Waals surface area contributed by atoms with Gasteiger partial charge in [0, 0.05) is 6.20 Å². The molecule has 0 amide bonds. The SMILES string of the molecule is CC(=O)C(=C(C)O)c1ncc(-c2ccccc2)s1. The Morgan fingerprint density at radius 1 is 1.22 bits per heavy atom. The van der Waals surface area contributed by atoms with Gasteiger partial charge in [0.2, 0.25) is 0 Å². The number of allylic oxidation sites excluding steroid dienone is 2. The van der Waals surface area contributed by atoms with Gasteiger partial charge in [-0.1, -0.05) is 30.3 Å². The van der Waals surface area contributed by atoms with Gasteiger partial charge in [-0.3, -0.25) is 4.79 Å². The van der Waals surface area contributed by atoms with Crippen molar-refractivity contribution in [2.24, 2.45) is 0 Å². The van der Waals surface area contributed by atoms with Crippen LogP contribution in [0.4, 0.5) is 0 Å². The van der Waals surface area contributed by atoms with E-state index in [4.69, 9.17) is 0 Å². The number of aliphatic hydroxyl groups excluding tert-OH is 1. The van der Waals surface area contributed by atoms with Crippen LogP contribution in [0.25, 0.3) is 16.0 Å². The molecule has 4 heteroatoms. The lowest BCUT2D eigenvalue weighted by atomic mass is 10.2. The van der Waals surface area contributed by atoms with E-state index in [1.807, 2.05) is 30.3 Å². The summed E-state index contributed by atoms with van der Waals surface area (Å²) >= 11 is 1.40. The number of thiazole rings is 1. The van der Waals surface area contributed by atoms with E-state index in [2.05, 4.69) is 4.98 Å². The summed E-state index contributed by atoms with van der Waals surface area (Å²) in [6.07, 6.45) is 1.72. The number of carbonyl (C=O) groups excluding carboxylic acids is 1. The van der Waals surface area contributed by atoms with Crippen LogP contribution >= 0.6 is 11.3 Å². The Labute approximate surface area is 109 Å². The monoisotopic (exact) mass is 259 g/mol. The third-order valence-corrected chi connectivity index (χ3v) is 3.56. The van der Waals surface area contributed by atoms with Gasteiger partial charge in [-0.25, -0.2) is 4.98 Å². The Morgan fingerprint density at radius 3 is 2.44 bits per heavy atom. The van der Waals surface area contributed by atoms with Crippen LogP contribution < -0.4 is 0 Å². The second kappa shape index (κ2) is 5.14. The number of nitrogens with zero attached hydrogens (tertiary/aromatic N) is 1. The average molecular weight is 259 g/mol. The lowest BCUT2D eigenvalue weighted by molar-refractivity contribution is -0.111. The molecule has 0 fully saturated rings. The molecule has 1 N–H and O–H groups in total. The van der Waals surface area contributed by atoms with Crippen molar-refractivity contribution in [2.75, 3.05) is 0 Å². The zero-order chi connectivity index (χ0) is 13.1. The van der Waals surface area contributed by atoms with Gasteiger partial charge in [0.15, 0.2) is 5.78 Å². The van der Waals surface area contributed by atoms with E-state index in [-0.39, 0.29) is 11.5 Å². The molecule has 18 heavy (non-hydrogen) atoms. The van der Waals surface area contributed by atoms with Gasteiger partial charge < -0.3 is 5.11 Å². The van der Waals surface area contributed by atoms with Crippen LogP contribution in [0.3, 0.4) is 0 Å².